The lowest BCUT2D eigenvalue weighted by Crippen LogP contribution is -2.66. The van der Waals surface area contributed by atoms with Gasteiger partial charge >= 0.3 is 0 Å². The minimum Gasteiger partial charge on any atom is -0.395 e. The zero-order chi connectivity index (χ0) is 14.0. The summed E-state index contributed by atoms with van der Waals surface area (Å²) in [6.45, 7) is 1.78. The van der Waals surface area contributed by atoms with Crippen LogP contribution < -0.4 is 0 Å². The van der Waals surface area contributed by atoms with Gasteiger partial charge in [-0.2, -0.15) is 0 Å². The summed E-state index contributed by atoms with van der Waals surface area (Å²) in [6.07, 6.45) is -1.99. The molecule has 0 aromatic carbocycles. The van der Waals surface area contributed by atoms with E-state index in [1.807, 2.05) is 4.90 Å². The summed E-state index contributed by atoms with van der Waals surface area (Å²) in [6, 6.07) is -0.743. The lowest BCUT2D eigenvalue weighted by atomic mass is 9.90. The Morgan fingerprint density at radius 3 is 2.21 bits per heavy atom. The Morgan fingerprint density at radius 1 is 1.00 bits per heavy atom. The average molecular weight is 276 g/mol. The quantitative estimate of drug-likeness (QED) is 0.360. The van der Waals surface area contributed by atoms with Crippen molar-refractivity contribution in [1.82, 2.24) is 9.80 Å². The lowest BCUT2D eigenvalue weighted by Gasteiger charge is -2.46. The monoisotopic (exact) mass is 276 g/mol. The molecule has 7 heteroatoms. The van der Waals surface area contributed by atoms with E-state index in [1.165, 1.54) is 0 Å². The maximum Gasteiger partial charge on any atom is 0.0994 e. The van der Waals surface area contributed by atoms with Crippen molar-refractivity contribution < 1.29 is 25.5 Å². The standard InChI is InChI=1S/C12H24N2O5/c15-5-3-13(4-6-16)8-7-14-2-1-9(17)10(14)12(19)11(8)18/h8-12,15-19H,1-7H2. The molecule has 0 aliphatic carbocycles. The molecule has 0 bridgehead atoms. The predicted octanol–water partition coefficient (Wildman–Crippen LogP) is -3.19. The highest BCUT2D eigenvalue weighted by Crippen LogP contribution is 2.30. The molecular weight excluding hydrogens is 252 g/mol. The van der Waals surface area contributed by atoms with Gasteiger partial charge in [-0.05, 0) is 6.42 Å². The number of aliphatic hydroxyl groups is 5. The maximum absolute atomic E-state index is 10.2. The van der Waals surface area contributed by atoms with Crippen molar-refractivity contribution in [3.63, 3.8) is 0 Å². The Kier molecular flexibility index (Phi) is 5.13. The van der Waals surface area contributed by atoms with Crippen molar-refractivity contribution in [2.45, 2.75) is 36.8 Å². The first-order chi connectivity index (χ1) is 9.10. The van der Waals surface area contributed by atoms with Crippen LogP contribution in [0.4, 0.5) is 0 Å². The van der Waals surface area contributed by atoms with Crippen LogP contribution in [0.3, 0.4) is 0 Å². The molecule has 2 rings (SSSR count). The summed E-state index contributed by atoms with van der Waals surface area (Å²) >= 11 is 0. The van der Waals surface area contributed by atoms with Gasteiger partial charge in [-0.15, -0.1) is 0 Å². The van der Waals surface area contributed by atoms with Crippen LogP contribution in [0, 0.1) is 0 Å². The van der Waals surface area contributed by atoms with Gasteiger partial charge in [0.1, 0.15) is 0 Å². The van der Waals surface area contributed by atoms with Gasteiger partial charge in [0, 0.05) is 26.2 Å². The molecule has 5 unspecified atom stereocenters. The normalized spacial score (nSPS) is 39.8. The topological polar surface area (TPSA) is 108 Å². The zero-order valence-electron chi connectivity index (χ0n) is 11.0. The van der Waals surface area contributed by atoms with E-state index in [2.05, 4.69) is 0 Å². The fourth-order valence-corrected chi connectivity index (χ4v) is 3.33. The molecule has 0 amide bonds. The summed E-state index contributed by atoms with van der Waals surface area (Å²) in [5.41, 5.74) is 0. The third-order valence-electron chi connectivity index (χ3n) is 4.29. The number of fused-ring (bicyclic) bond motifs is 1. The smallest absolute Gasteiger partial charge is 0.0994 e. The van der Waals surface area contributed by atoms with Gasteiger partial charge in [0.05, 0.1) is 43.6 Å². The van der Waals surface area contributed by atoms with Crippen molar-refractivity contribution in [3.05, 3.63) is 0 Å². The van der Waals surface area contributed by atoms with Crippen LogP contribution in [-0.2, 0) is 0 Å². The maximum atomic E-state index is 10.2. The highest BCUT2D eigenvalue weighted by molar-refractivity contribution is 5.04. The number of piperidine rings is 1. The number of hydrogen-bond donors (Lipinski definition) is 5. The molecule has 2 aliphatic rings. The van der Waals surface area contributed by atoms with E-state index >= 15 is 0 Å². The molecule has 0 saturated carbocycles. The van der Waals surface area contributed by atoms with E-state index in [1.54, 1.807) is 4.90 Å². The molecule has 5 N–H and O–H groups in total. The minimum absolute atomic E-state index is 0.0641. The van der Waals surface area contributed by atoms with Gasteiger partial charge in [-0.25, -0.2) is 0 Å². The van der Waals surface area contributed by atoms with Crippen LogP contribution >= 0.6 is 0 Å². The fourth-order valence-electron chi connectivity index (χ4n) is 3.33. The van der Waals surface area contributed by atoms with Gasteiger partial charge in [0.25, 0.3) is 0 Å². The van der Waals surface area contributed by atoms with Gasteiger partial charge in [-0.1, -0.05) is 0 Å². The van der Waals surface area contributed by atoms with E-state index in [9.17, 15) is 15.3 Å². The molecule has 0 spiro atoms. The van der Waals surface area contributed by atoms with Gasteiger partial charge in [0.15, 0.2) is 0 Å². The molecule has 2 aliphatic heterocycles. The lowest BCUT2D eigenvalue weighted by molar-refractivity contribution is -0.127. The molecule has 2 fully saturated rings. The average Bonchev–Trinajstić information content (AvgIpc) is 2.75. The molecule has 2 heterocycles. The Hall–Kier alpha value is -0.280. The summed E-state index contributed by atoms with van der Waals surface area (Å²) in [5.74, 6) is 0. The SMILES string of the molecule is OCCN(CCO)C1CN2CCC(O)C2C(O)C1O. The van der Waals surface area contributed by atoms with Crippen molar-refractivity contribution in [2.24, 2.45) is 0 Å². The fraction of sp³-hybridized carbons (Fsp3) is 1.00. The Balaban J connectivity index is 2.09. The van der Waals surface area contributed by atoms with Crippen molar-refractivity contribution in [2.75, 3.05) is 39.4 Å². The molecule has 19 heavy (non-hydrogen) atoms. The first-order valence-corrected chi connectivity index (χ1v) is 6.84. The highest BCUT2D eigenvalue weighted by Gasteiger charge is 2.49. The van der Waals surface area contributed by atoms with Crippen LogP contribution in [0.5, 0.6) is 0 Å². The molecule has 2 saturated heterocycles. The first-order valence-electron chi connectivity index (χ1n) is 6.84. The summed E-state index contributed by atoms with van der Waals surface area (Å²) < 4.78 is 0. The molecule has 112 valence electrons. The van der Waals surface area contributed by atoms with Gasteiger partial charge in [0.2, 0.25) is 0 Å². The molecular formula is C12H24N2O5. The van der Waals surface area contributed by atoms with E-state index in [4.69, 9.17) is 10.2 Å². The molecule has 5 atom stereocenters. The minimum atomic E-state index is -1.00. The van der Waals surface area contributed by atoms with Gasteiger partial charge in [-0.3, -0.25) is 9.80 Å². The molecule has 7 nitrogen and oxygen atoms in total. The second-order valence-electron chi connectivity index (χ2n) is 5.37. The second kappa shape index (κ2) is 6.45. The largest absolute Gasteiger partial charge is 0.395 e. The number of rotatable bonds is 5. The number of aliphatic hydroxyl groups excluding tert-OH is 5. The van der Waals surface area contributed by atoms with Crippen molar-refractivity contribution in [1.29, 1.82) is 0 Å². The van der Waals surface area contributed by atoms with Crippen LogP contribution in [0.25, 0.3) is 0 Å². The van der Waals surface area contributed by atoms with Crippen LogP contribution in [-0.4, -0.2) is 105 Å². The number of nitrogens with zero attached hydrogens (tertiary/aromatic N) is 2. The van der Waals surface area contributed by atoms with Crippen LogP contribution in [0.1, 0.15) is 6.42 Å². The van der Waals surface area contributed by atoms with Crippen LogP contribution in [0.2, 0.25) is 0 Å². The molecule has 0 aromatic rings. The van der Waals surface area contributed by atoms with E-state index in [0.717, 1.165) is 0 Å². The Bertz CT molecular complexity index is 287. The third-order valence-corrected chi connectivity index (χ3v) is 4.29. The van der Waals surface area contributed by atoms with Crippen molar-refractivity contribution in [3.8, 4) is 0 Å². The molecule has 0 aromatic heterocycles. The number of hydrogen-bond acceptors (Lipinski definition) is 7. The van der Waals surface area contributed by atoms with E-state index < -0.39 is 24.4 Å². The van der Waals surface area contributed by atoms with Crippen molar-refractivity contribution >= 4 is 0 Å². The zero-order valence-corrected chi connectivity index (χ0v) is 11.0. The summed E-state index contributed by atoms with van der Waals surface area (Å²) in [4.78, 5) is 3.77. The molecule has 0 radical (unpaired) electrons. The third kappa shape index (κ3) is 2.92. The van der Waals surface area contributed by atoms with Gasteiger partial charge < -0.3 is 25.5 Å². The predicted molar refractivity (Wildman–Crippen MR) is 67.5 cm³/mol. The van der Waals surface area contributed by atoms with E-state index in [-0.39, 0.29) is 19.3 Å². The Morgan fingerprint density at radius 2 is 1.63 bits per heavy atom. The Labute approximate surface area is 112 Å². The summed E-state index contributed by atoms with van der Waals surface area (Å²) in [7, 11) is 0. The van der Waals surface area contributed by atoms with Crippen LogP contribution in [0.15, 0.2) is 0 Å². The first kappa shape index (κ1) is 15.1. The second-order valence-corrected chi connectivity index (χ2v) is 5.37. The summed E-state index contributed by atoms with van der Waals surface area (Å²) in [5, 5.41) is 48.4. The van der Waals surface area contributed by atoms with E-state index in [0.29, 0.717) is 32.6 Å². The highest BCUT2D eigenvalue weighted by atomic mass is 16.3.